The zero-order chi connectivity index (χ0) is 15.3. The van der Waals surface area contributed by atoms with Crippen LogP contribution >= 0.6 is 11.8 Å². The zero-order valence-electron chi connectivity index (χ0n) is 11.7. The number of thioether (sulfide) groups is 1. The Labute approximate surface area is 122 Å². The van der Waals surface area contributed by atoms with Crippen molar-refractivity contribution in [2.45, 2.75) is 36.5 Å². The molecule has 1 unspecified atom stereocenters. The average Bonchev–Trinajstić information content (AvgIpc) is 2.36. The molecule has 0 saturated carbocycles. The molecule has 110 valence electrons. The van der Waals surface area contributed by atoms with Crippen molar-refractivity contribution in [3.8, 4) is 0 Å². The van der Waals surface area contributed by atoms with Crippen LogP contribution < -0.4 is 5.32 Å². The third-order valence-corrected chi connectivity index (χ3v) is 3.56. The lowest BCUT2D eigenvalue weighted by Crippen LogP contribution is -2.46. The van der Waals surface area contributed by atoms with E-state index in [9.17, 15) is 14.7 Å². The summed E-state index contributed by atoms with van der Waals surface area (Å²) < 4.78 is 0. The summed E-state index contributed by atoms with van der Waals surface area (Å²) in [6.45, 7) is 4.96. The largest absolute Gasteiger partial charge is 0.479 e. The van der Waals surface area contributed by atoms with Crippen LogP contribution in [0.25, 0.3) is 0 Å². The van der Waals surface area contributed by atoms with Gasteiger partial charge in [0.25, 0.3) is 5.91 Å². The second-order valence-corrected chi connectivity index (χ2v) is 6.60. The molecule has 1 aromatic carbocycles. The summed E-state index contributed by atoms with van der Waals surface area (Å²) in [6.07, 6.45) is 0. The number of hydrogen-bond donors (Lipinski definition) is 3. The van der Waals surface area contributed by atoms with Crippen LogP contribution in [0.3, 0.4) is 0 Å². The van der Waals surface area contributed by atoms with Crippen molar-refractivity contribution in [2.75, 3.05) is 6.54 Å². The smallest absolute Gasteiger partial charge is 0.337 e. The maximum atomic E-state index is 11.8. The van der Waals surface area contributed by atoms with Gasteiger partial charge in [-0.15, -0.1) is 11.8 Å². The van der Waals surface area contributed by atoms with Crippen molar-refractivity contribution in [1.29, 1.82) is 0 Å². The third kappa shape index (κ3) is 4.86. The maximum absolute atomic E-state index is 11.8. The molecule has 1 amide bonds. The Kier molecular flexibility index (Phi) is 5.59. The summed E-state index contributed by atoms with van der Waals surface area (Å²) in [5.41, 5.74) is -1.54. The summed E-state index contributed by atoms with van der Waals surface area (Å²) in [7, 11) is 0. The van der Waals surface area contributed by atoms with E-state index in [1.807, 2.05) is 12.1 Å². The highest BCUT2D eigenvalue weighted by Crippen LogP contribution is 2.22. The van der Waals surface area contributed by atoms with E-state index in [1.165, 1.54) is 0 Å². The Morgan fingerprint density at radius 3 is 2.30 bits per heavy atom. The number of rotatable bonds is 6. The van der Waals surface area contributed by atoms with Crippen LogP contribution in [0.5, 0.6) is 0 Å². The van der Waals surface area contributed by atoms with Crippen LogP contribution in [0.4, 0.5) is 0 Å². The van der Waals surface area contributed by atoms with Gasteiger partial charge < -0.3 is 15.5 Å². The van der Waals surface area contributed by atoms with Crippen LogP contribution in [0.15, 0.2) is 29.2 Å². The number of carboxylic acids is 1. The predicted octanol–water partition coefficient (Wildman–Crippen LogP) is 1.75. The molecular formula is C14H19NO4S. The number of amides is 1. The third-order valence-electron chi connectivity index (χ3n) is 2.54. The number of carboxylic acid groups (broad SMARTS) is 1. The molecule has 6 heteroatoms. The van der Waals surface area contributed by atoms with Crippen LogP contribution in [-0.4, -0.2) is 39.5 Å². The number of benzene rings is 1. The van der Waals surface area contributed by atoms with E-state index in [4.69, 9.17) is 5.11 Å². The molecule has 3 N–H and O–H groups in total. The summed E-state index contributed by atoms with van der Waals surface area (Å²) in [6, 6.07) is 7.04. The van der Waals surface area contributed by atoms with E-state index in [2.05, 4.69) is 19.2 Å². The Morgan fingerprint density at radius 1 is 1.30 bits per heavy atom. The van der Waals surface area contributed by atoms with E-state index in [1.54, 1.807) is 23.9 Å². The molecule has 0 heterocycles. The van der Waals surface area contributed by atoms with Crippen molar-refractivity contribution in [2.24, 2.45) is 0 Å². The molecule has 0 radical (unpaired) electrons. The molecule has 0 aliphatic carbocycles. The second kappa shape index (κ2) is 6.76. The fourth-order valence-electron chi connectivity index (χ4n) is 1.39. The van der Waals surface area contributed by atoms with Gasteiger partial charge in [0.05, 0.1) is 6.54 Å². The minimum absolute atomic E-state index is 0.344. The zero-order valence-corrected chi connectivity index (χ0v) is 12.5. The summed E-state index contributed by atoms with van der Waals surface area (Å²) >= 11 is 1.69. The Bertz CT molecular complexity index is 482. The fourth-order valence-corrected chi connectivity index (χ4v) is 2.22. The van der Waals surface area contributed by atoms with E-state index < -0.39 is 17.5 Å². The monoisotopic (exact) mass is 297 g/mol. The fraction of sp³-hybridized carbons (Fsp3) is 0.429. The van der Waals surface area contributed by atoms with Crippen molar-refractivity contribution in [3.05, 3.63) is 29.8 Å². The van der Waals surface area contributed by atoms with Crippen LogP contribution in [0.1, 0.15) is 31.1 Å². The summed E-state index contributed by atoms with van der Waals surface area (Å²) in [5.74, 6) is -1.78. The topological polar surface area (TPSA) is 86.6 Å². The van der Waals surface area contributed by atoms with Crippen molar-refractivity contribution in [1.82, 2.24) is 5.32 Å². The Morgan fingerprint density at radius 2 is 1.85 bits per heavy atom. The first-order chi connectivity index (χ1) is 9.22. The van der Waals surface area contributed by atoms with E-state index in [0.29, 0.717) is 10.8 Å². The molecule has 0 spiro atoms. The molecule has 20 heavy (non-hydrogen) atoms. The lowest BCUT2D eigenvalue weighted by Gasteiger charge is -2.18. The van der Waals surface area contributed by atoms with Crippen LogP contribution in [-0.2, 0) is 4.79 Å². The quantitative estimate of drug-likeness (QED) is 0.696. The van der Waals surface area contributed by atoms with Gasteiger partial charge in [-0.2, -0.15) is 0 Å². The highest BCUT2D eigenvalue weighted by atomic mass is 32.2. The first-order valence-corrected chi connectivity index (χ1v) is 7.11. The van der Waals surface area contributed by atoms with Crippen molar-refractivity contribution < 1.29 is 19.8 Å². The summed E-state index contributed by atoms with van der Waals surface area (Å²) in [4.78, 5) is 23.6. The average molecular weight is 297 g/mol. The van der Waals surface area contributed by atoms with Crippen LogP contribution in [0, 0.1) is 0 Å². The predicted molar refractivity (Wildman–Crippen MR) is 78.0 cm³/mol. The highest BCUT2D eigenvalue weighted by molar-refractivity contribution is 7.99. The van der Waals surface area contributed by atoms with Crippen molar-refractivity contribution in [3.63, 3.8) is 0 Å². The molecule has 1 aromatic rings. The van der Waals surface area contributed by atoms with Gasteiger partial charge in [0.2, 0.25) is 0 Å². The standard InChI is InChI=1S/C14H19NO4S/c1-9(2)20-11-6-4-10(5-7-11)12(16)15-8-14(3,19)13(17)18/h4-7,9,19H,8H2,1-3H3,(H,15,16)(H,17,18). The summed E-state index contributed by atoms with van der Waals surface area (Å²) in [5, 5.41) is 21.1. The molecule has 0 saturated heterocycles. The van der Waals surface area contributed by atoms with Crippen molar-refractivity contribution >= 4 is 23.6 Å². The van der Waals surface area contributed by atoms with Gasteiger partial charge in [-0.1, -0.05) is 13.8 Å². The van der Waals surface area contributed by atoms with Gasteiger partial charge in [0.1, 0.15) is 0 Å². The first kappa shape index (κ1) is 16.5. The molecule has 5 nitrogen and oxygen atoms in total. The van der Waals surface area contributed by atoms with Gasteiger partial charge in [0.15, 0.2) is 5.60 Å². The van der Waals surface area contributed by atoms with Crippen LogP contribution in [0.2, 0.25) is 0 Å². The number of carbonyl (C=O) groups excluding carboxylic acids is 1. The molecule has 0 aliphatic rings. The van der Waals surface area contributed by atoms with Gasteiger partial charge >= 0.3 is 5.97 Å². The minimum atomic E-state index is -1.97. The second-order valence-electron chi connectivity index (χ2n) is 4.95. The molecule has 0 aliphatic heterocycles. The SMILES string of the molecule is CC(C)Sc1ccc(C(=O)NCC(C)(O)C(=O)O)cc1. The van der Waals surface area contributed by atoms with E-state index in [-0.39, 0.29) is 6.54 Å². The van der Waals surface area contributed by atoms with Gasteiger partial charge in [-0.3, -0.25) is 4.79 Å². The number of aliphatic carboxylic acids is 1. The first-order valence-electron chi connectivity index (χ1n) is 6.23. The lowest BCUT2D eigenvalue weighted by atomic mass is 10.1. The lowest BCUT2D eigenvalue weighted by molar-refractivity contribution is -0.155. The Hall–Kier alpha value is -1.53. The Balaban J connectivity index is 2.62. The number of aliphatic hydroxyl groups is 1. The number of carbonyl (C=O) groups is 2. The van der Waals surface area contributed by atoms with Gasteiger partial charge in [-0.25, -0.2) is 4.79 Å². The van der Waals surface area contributed by atoms with E-state index in [0.717, 1.165) is 11.8 Å². The van der Waals surface area contributed by atoms with Gasteiger partial charge in [0, 0.05) is 15.7 Å². The molecule has 0 aromatic heterocycles. The molecule has 0 bridgehead atoms. The molecule has 1 atom stereocenters. The number of hydrogen-bond acceptors (Lipinski definition) is 4. The molecule has 1 rings (SSSR count). The minimum Gasteiger partial charge on any atom is -0.479 e. The number of nitrogens with one attached hydrogen (secondary N) is 1. The van der Waals surface area contributed by atoms with E-state index >= 15 is 0 Å². The highest BCUT2D eigenvalue weighted by Gasteiger charge is 2.30. The maximum Gasteiger partial charge on any atom is 0.337 e. The van der Waals surface area contributed by atoms with Gasteiger partial charge in [-0.05, 0) is 31.2 Å². The molecule has 0 fully saturated rings. The normalized spacial score (nSPS) is 13.8. The molecular weight excluding hydrogens is 278 g/mol.